The quantitative estimate of drug-likeness (QED) is 0.706. The SMILES string of the molecule is CCOc1ccc(N)cc1S(=O)(=O)NCCN(C)C(C)C. The fourth-order valence-corrected chi connectivity index (χ4v) is 2.90. The fraction of sp³-hybridized carbons (Fsp3) is 0.571. The van der Waals surface area contributed by atoms with Crippen LogP contribution in [0.2, 0.25) is 0 Å². The molecule has 0 amide bonds. The molecular weight excluding hydrogens is 290 g/mol. The number of nitrogen functional groups attached to an aromatic ring is 1. The van der Waals surface area contributed by atoms with Crippen LogP contribution >= 0.6 is 0 Å². The molecule has 1 aromatic rings. The molecule has 0 heterocycles. The highest BCUT2D eigenvalue weighted by atomic mass is 32.2. The minimum absolute atomic E-state index is 0.0801. The summed E-state index contributed by atoms with van der Waals surface area (Å²) in [5.41, 5.74) is 6.07. The summed E-state index contributed by atoms with van der Waals surface area (Å²) in [7, 11) is -1.69. The van der Waals surface area contributed by atoms with Gasteiger partial charge in [0.25, 0.3) is 0 Å². The van der Waals surface area contributed by atoms with Crippen LogP contribution in [0.5, 0.6) is 5.75 Å². The topological polar surface area (TPSA) is 84.7 Å². The van der Waals surface area contributed by atoms with E-state index in [0.717, 1.165) is 0 Å². The molecule has 1 aromatic carbocycles. The van der Waals surface area contributed by atoms with Gasteiger partial charge in [-0.05, 0) is 46.0 Å². The van der Waals surface area contributed by atoms with Gasteiger partial charge >= 0.3 is 0 Å². The Morgan fingerprint density at radius 3 is 2.62 bits per heavy atom. The van der Waals surface area contributed by atoms with E-state index in [4.69, 9.17) is 10.5 Å². The van der Waals surface area contributed by atoms with E-state index in [9.17, 15) is 8.42 Å². The maximum Gasteiger partial charge on any atom is 0.244 e. The minimum Gasteiger partial charge on any atom is -0.492 e. The maximum atomic E-state index is 12.4. The summed E-state index contributed by atoms with van der Waals surface area (Å²) in [6, 6.07) is 4.98. The van der Waals surface area contributed by atoms with Gasteiger partial charge in [-0.1, -0.05) is 0 Å². The first-order valence-corrected chi connectivity index (χ1v) is 8.48. The van der Waals surface area contributed by atoms with Gasteiger partial charge in [0.1, 0.15) is 10.6 Å². The lowest BCUT2D eigenvalue weighted by molar-refractivity contribution is 0.278. The van der Waals surface area contributed by atoms with E-state index in [1.165, 1.54) is 6.07 Å². The van der Waals surface area contributed by atoms with Crippen LogP contribution in [-0.4, -0.2) is 46.1 Å². The molecule has 0 fully saturated rings. The monoisotopic (exact) mass is 315 g/mol. The second-order valence-electron chi connectivity index (χ2n) is 5.11. The molecule has 7 heteroatoms. The molecule has 120 valence electrons. The number of anilines is 1. The van der Waals surface area contributed by atoms with Gasteiger partial charge in [0.05, 0.1) is 6.61 Å². The normalized spacial score (nSPS) is 12.1. The van der Waals surface area contributed by atoms with Crippen molar-refractivity contribution in [1.82, 2.24) is 9.62 Å². The van der Waals surface area contributed by atoms with Crippen molar-refractivity contribution in [2.45, 2.75) is 31.7 Å². The van der Waals surface area contributed by atoms with Gasteiger partial charge in [0, 0.05) is 24.8 Å². The lowest BCUT2D eigenvalue weighted by atomic mass is 10.3. The zero-order valence-electron chi connectivity index (χ0n) is 13.1. The highest BCUT2D eigenvalue weighted by Gasteiger charge is 2.20. The summed E-state index contributed by atoms with van der Waals surface area (Å²) in [6.07, 6.45) is 0. The number of nitrogens with one attached hydrogen (secondary N) is 1. The Bertz CT molecular complexity index is 559. The number of rotatable bonds is 8. The average Bonchev–Trinajstić information content (AvgIpc) is 2.40. The highest BCUT2D eigenvalue weighted by molar-refractivity contribution is 7.89. The zero-order chi connectivity index (χ0) is 16.0. The first kappa shape index (κ1) is 17.7. The van der Waals surface area contributed by atoms with Gasteiger partial charge in [0.2, 0.25) is 10.0 Å². The number of hydrogen-bond acceptors (Lipinski definition) is 5. The van der Waals surface area contributed by atoms with E-state index in [-0.39, 0.29) is 4.90 Å². The fourth-order valence-electron chi connectivity index (χ4n) is 1.70. The molecule has 1 rings (SSSR count). The second-order valence-corrected chi connectivity index (χ2v) is 6.85. The summed E-state index contributed by atoms with van der Waals surface area (Å²) in [6.45, 7) is 7.26. The highest BCUT2D eigenvalue weighted by Crippen LogP contribution is 2.26. The van der Waals surface area contributed by atoms with Crippen molar-refractivity contribution in [3.63, 3.8) is 0 Å². The summed E-state index contributed by atoms with van der Waals surface area (Å²) < 4.78 is 32.7. The van der Waals surface area contributed by atoms with Crippen LogP contribution in [0.4, 0.5) is 5.69 Å². The molecule has 3 N–H and O–H groups in total. The third-order valence-corrected chi connectivity index (χ3v) is 4.68. The van der Waals surface area contributed by atoms with Gasteiger partial charge in [-0.2, -0.15) is 0 Å². The van der Waals surface area contributed by atoms with Crippen molar-refractivity contribution in [2.75, 3.05) is 32.5 Å². The molecule has 6 nitrogen and oxygen atoms in total. The van der Waals surface area contributed by atoms with Crippen molar-refractivity contribution in [3.8, 4) is 5.75 Å². The number of benzene rings is 1. The van der Waals surface area contributed by atoms with Gasteiger partial charge in [0.15, 0.2) is 0 Å². The first-order chi connectivity index (χ1) is 9.77. The zero-order valence-corrected chi connectivity index (χ0v) is 13.9. The van der Waals surface area contributed by atoms with E-state index in [2.05, 4.69) is 23.5 Å². The van der Waals surface area contributed by atoms with E-state index in [1.807, 2.05) is 7.05 Å². The Balaban J connectivity index is 2.85. The molecule has 0 unspecified atom stereocenters. The summed E-state index contributed by atoms with van der Waals surface area (Å²) in [5, 5.41) is 0. The van der Waals surface area contributed by atoms with Crippen molar-refractivity contribution >= 4 is 15.7 Å². The molecule has 0 saturated heterocycles. The molecule has 0 aromatic heterocycles. The molecule has 0 spiro atoms. The first-order valence-electron chi connectivity index (χ1n) is 7.00. The Kier molecular flexibility index (Phi) is 6.44. The van der Waals surface area contributed by atoms with E-state index in [0.29, 0.717) is 37.2 Å². The van der Waals surface area contributed by atoms with Crippen LogP contribution in [0.3, 0.4) is 0 Å². The number of nitrogens with two attached hydrogens (primary N) is 1. The third-order valence-electron chi connectivity index (χ3n) is 3.20. The van der Waals surface area contributed by atoms with Gasteiger partial charge in [-0.3, -0.25) is 0 Å². The van der Waals surface area contributed by atoms with Crippen LogP contribution in [-0.2, 0) is 10.0 Å². The standard InChI is InChI=1S/C14H25N3O3S/c1-5-20-13-7-6-12(15)10-14(13)21(18,19)16-8-9-17(4)11(2)3/h6-7,10-11,16H,5,8-9,15H2,1-4H3. The number of ether oxygens (including phenoxy) is 1. The van der Waals surface area contributed by atoms with Crippen molar-refractivity contribution in [2.24, 2.45) is 0 Å². The molecule has 0 radical (unpaired) electrons. The van der Waals surface area contributed by atoms with Crippen molar-refractivity contribution in [3.05, 3.63) is 18.2 Å². The largest absolute Gasteiger partial charge is 0.492 e. The molecule has 21 heavy (non-hydrogen) atoms. The average molecular weight is 315 g/mol. The van der Waals surface area contributed by atoms with Gasteiger partial charge in [-0.25, -0.2) is 13.1 Å². The van der Waals surface area contributed by atoms with Crippen molar-refractivity contribution < 1.29 is 13.2 Å². The summed E-state index contributed by atoms with van der Waals surface area (Å²) >= 11 is 0. The van der Waals surface area contributed by atoms with E-state index >= 15 is 0 Å². The lowest BCUT2D eigenvalue weighted by Crippen LogP contribution is -2.36. The Labute approximate surface area is 127 Å². The van der Waals surface area contributed by atoms with Gasteiger partial charge in [-0.15, -0.1) is 0 Å². The molecule has 0 bridgehead atoms. The molecule has 0 saturated carbocycles. The van der Waals surface area contributed by atoms with Crippen LogP contribution in [0.25, 0.3) is 0 Å². The minimum atomic E-state index is -3.64. The van der Waals surface area contributed by atoms with E-state index < -0.39 is 10.0 Å². The summed E-state index contributed by atoms with van der Waals surface area (Å²) in [4.78, 5) is 2.14. The van der Waals surface area contributed by atoms with E-state index in [1.54, 1.807) is 19.1 Å². The van der Waals surface area contributed by atoms with Crippen LogP contribution in [0, 0.1) is 0 Å². The summed E-state index contributed by atoms with van der Waals surface area (Å²) in [5.74, 6) is 0.316. The molecule has 0 aliphatic carbocycles. The third kappa shape index (κ3) is 5.18. The second kappa shape index (κ2) is 7.63. The van der Waals surface area contributed by atoms with Crippen molar-refractivity contribution in [1.29, 1.82) is 0 Å². The maximum absolute atomic E-state index is 12.4. The Hall–Kier alpha value is -1.31. The predicted molar refractivity (Wildman–Crippen MR) is 85.0 cm³/mol. The Morgan fingerprint density at radius 2 is 2.05 bits per heavy atom. The van der Waals surface area contributed by atoms with Crippen LogP contribution < -0.4 is 15.2 Å². The lowest BCUT2D eigenvalue weighted by Gasteiger charge is -2.21. The smallest absolute Gasteiger partial charge is 0.244 e. The number of likely N-dealkylation sites (N-methyl/N-ethyl adjacent to an activating group) is 1. The van der Waals surface area contributed by atoms with Crippen LogP contribution in [0.15, 0.2) is 23.1 Å². The van der Waals surface area contributed by atoms with Gasteiger partial charge < -0.3 is 15.4 Å². The predicted octanol–water partition coefficient (Wildman–Crippen LogP) is 1.29. The molecule has 0 aliphatic rings. The number of hydrogen-bond donors (Lipinski definition) is 2. The molecule has 0 aliphatic heterocycles. The number of sulfonamides is 1. The molecule has 0 atom stereocenters. The Morgan fingerprint density at radius 1 is 1.38 bits per heavy atom. The number of nitrogens with zero attached hydrogens (tertiary/aromatic N) is 1. The van der Waals surface area contributed by atoms with Crippen LogP contribution in [0.1, 0.15) is 20.8 Å². The molecular formula is C14H25N3O3S.